The van der Waals surface area contributed by atoms with Crippen LogP contribution >= 0.6 is 34.1 Å². The molecular weight excluding hydrogens is 1470 g/mol. The van der Waals surface area contributed by atoms with Crippen LogP contribution in [0.5, 0.6) is 0 Å². The van der Waals surface area contributed by atoms with Crippen LogP contribution in [0.2, 0.25) is 0 Å². The Balaban J connectivity index is 0.000000230. The first-order valence-electron chi connectivity index (χ1n) is 40.4. The van der Waals surface area contributed by atoms with Crippen molar-refractivity contribution in [2.45, 2.75) is 289 Å². The van der Waals surface area contributed by atoms with Gasteiger partial charge in [0.05, 0.1) is 0 Å². The van der Waals surface area contributed by atoms with Gasteiger partial charge in [0.15, 0.2) is 0 Å². The van der Waals surface area contributed by atoms with Crippen molar-refractivity contribution in [2.24, 2.45) is 183 Å². The Morgan fingerprint density at radius 1 is 0.337 bits per heavy atom. The third-order valence-corrected chi connectivity index (χ3v) is 33.7. The summed E-state index contributed by atoms with van der Waals surface area (Å²) in [4.78, 5) is 0. The Bertz CT molecular complexity index is 3120. The average molecular weight is 1620 g/mol. The van der Waals surface area contributed by atoms with Crippen molar-refractivity contribution >= 4 is 34.1 Å². The van der Waals surface area contributed by atoms with Gasteiger partial charge in [-0.25, -0.2) is 0 Å². The molecule has 0 bridgehead atoms. The summed E-state index contributed by atoms with van der Waals surface area (Å²) in [6.07, 6.45) is 47.6. The van der Waals surface area contributed by atoms with Crippen LogP contribution in [-0.4, -0.2) is 0 Å². The Kier molecular flexibility index (Phi) is 25.7. The molecule has 19 atom stereocenters. The molecule has 15 aliphatic rings. The molecule has 0 radical (unpaired) electrons. The number of fused-ring (bicyclic) bond motifs is 14. The fourth-order valence-corrected chi connectivity index (χ4v) is 27.6. The van der Waals surface area contributed by atoms with Crippen molar-refractivity contribution < 1.29 is 41.7 Å². The Morgan fingerprint density at radius 3 is 0.881 bits per heavy atom. The van der Waals surface area contributed by atoms with Crippen molar-refractivity contribution in [3.63, 3.8) is 0 Å². The van der Waals surface area contributed by atoms with Crippen molar-refractivity contribution in [3.8, 4) is 0 Å². The summed E-state index contributed by atoms with van der Waals surface area (Å²) >= 11 is -1.65. The number of hydrogen-bond acceptors (Lipinski definition) is 0. The number of halogens is 4. The van der Waals surface area contributed by atoms with Crippen LogP contribution < -0.4 is 0 Å². The topological polar surface area (TPSA) is 0 Å². The molecule has 16 unspecified atom stereocenters. The van der Waals surface area contributed by atoms with Crippen LogP contribution in [0.4, 0.5) is 0 Å². The van der Waals surface area contributed by atoms with E-state index in [0.29, 0.717) is 69.0 Å². The molecule has 0 aromatic carbocycles. The molecule has 11 saturated carbocycles. The third-order valence-electron chi connectivity index (χ3n) is 33.7. The monoisotopic (exact) mass is 1610 g/mol. The van der Waals surface area contributed by atoms with E-state index in [1.54, 1.807) is 44.6 Å². The van der Waals surface area contributed by atoms with E-state index in [0.717, 1.165) is 71.0 Å². The first-order valence-corrected chi connectivity index (χ1v) is 53.1. The van der Waals surface area contributed by atoms with Crippen LogP contribution in [-0.2, 0) is 41.7 Å². The van der Waals surface area contributed by atoms with Crippen LogP contribution in [0.3, 0.4) is 0 Å². The molecule has 0 N–H and O–H groups in total. The molecule has 0 aromatic rings. The van der Waals surface area contributed by atoms with Crippen molar-refractivity contribution in [3.05, 3.63) is 123 Å². The summed E-state index contributed by atoms with van der Waals surface area (Å²) in [5.74, 6) is 15.8. The summed E-state index contributed by atoms with van der Waals surface area (Å²) in [5, 5.41) is 0. The quantitative estimate of drug-likeness (QED) is 0.247. The van der Waals surface area contributed by atoms with E-state index in [-0.39, 0.29) is 73.0 Å². The first kappa shape index (κ1) is 87.4. The fourth-order valence-electron chi connectivity index (χ4n) is 27.6. The minimum atomic E-state index is -0.826. The maximum absolute atomic E-state index is 4.93. The average Bonchev–Trinajstić information content (AvgIpc) is 1.53. The minimum absolute atomic E-state index is 0. The second-order valence-corrected chi connectivity index (χ2v) is 52.1. The van der Waals surface area contributed by atoms with E-state index < -0.39 is 41.7 Å². The van der Waals surface area contributed by atoms with Gasteiger partial charge < -0.3 is 29.7 Å². The van der Waals surface area contributed by atoms with E-state index in [1.165, 1.54) is 109 Å². The summed E-state index contributed by atoms with van der Waals surface area (Å²) < 4.78 is 0. The van der Waals surface area contributed by atoms with Gasteiger partial charge in [-0.2, -0.15) is 0 Å². The molecule has 0 amide bonds. The predicted molar refractivity (Wildman–Crippen MR) is 439 cm³/mol. The summed E-state index contributed by atoms with van der Waals surface area (Å²) in [5.41, 5.74) is 17.9. The molecule has 0 aliphatic heterocycles. The van der Waals surface area contributed by atoms with Crippen LogP contribution in [0, 0.1) is 213 Å². The van der Waals surface area contributed by atoms with E-state index >= 15 is 0 Å². The fraction of sp³-hybridized carbons (Fsp3) is 0.789. The van der Waals surface area contributed by atoms with Gasteiger partial charge in [-0.15, -0.1) is 0 Å². The van der Waals surface area contributed by atoms with Gasteiger partial charge >= 0.3 is 75.7 Å². The van der Waals surface area contributed by atoms with Crippen molar-refractivity contribution in [1.29, 1.82) is 0 Å². The zero-order valence-corrected chi connectivity index (χ0v) is 78.6. The molecule has 0 heterocycles. The molecule has 15 aliphatic carbocycles. The number of hydrogen-bond donors (Lipinski definition) is 0. The molecule has 568 valence electrons. The van der Waals surface area contributed by atoms with E-state index in [4.69, 9.17) is 34.1 Å². The Morgan fingerprint density at radius 2 is 0.594 bits per heavy atom. The summed E-state index contributed by atoms with van der Waals surface area (Å²) in [7, 11) is 19.7. The van der Waals surface area contributed by atoms with Gasteiger partial charge in [-0.1, -0.05) is 241 Å². The van der Waals surface area contributed by atoms with Crippen molar-refractivity contribution in [2.75, 3.05) is 0 Å². The normalized spacial score (nSPS) is 42.1. The van der Waals surface area contributed by atoms with E-state index in [1.807, 2.05) is 0 Å². The summed E-state index contributed by atoms with van der Waals surface area (Å²) in [6, 6.07) is 0. The van der Waals surface area contributed by atoms with Crippen LogP contribution in [0.25, 0.3) is 0 Å². The standard InChI is InChI=1S/C46H70.C45H70.4CH3.4ClH.2Zr/c1-41(2,3)27-21-31-28-15-13-14-16-34(28)46(12,35(31)22-27)40-32-25-38-36(42(4,5)17-19-44(38,8)9)23-29(32)30-24-37-39(26-33(30)40)45(10,11)20-18-43(37,6)7;1-26(2)33-25-45(14,34-20-27(19-30(33)34)40(3,4)5)39-31-23-37-35(41(6,7)15-17-43(37,10)11)21-28(31)29-22-36-38(24-32(29)39)44(12,13)18-16-42(36,8)9;;;;;;;;;;/h23-35,40H,13-22H2,1-12H3;21-24,26-34,39H,15-20,25H2,1-14H3;4*1H3;4*1H;;/q;;4*-1;;;;;2*+4/p-4/t27?,28-,29?,30?,31?,32?,33?,34-,35?,40?,46?;27?,28?,29?,30?,31?,32?,33-,34?,39?,45?;;;;;;;;;;/m11........../s1. The number of allylic oxidation sites excluding steroid dienone is 16. The molecule has 0 spiro atoms. The molecule has 0 nitrogen and oxygen atoms in total. The second-order valence-electron chi connectivity index (χ2n) is 44.7. The van der Waals surface area contributed by atoms with Gasteiger partial charge in [0.25, 0.3) is 0 Å². The molecule has 11 fully saturated rings. The Hall–Kier alpha value is 0.846. The van der Waals surface area contributed by atoms with Crippen molar-refractivity contribution in [1.82, 2.24) is 0 Å². The van der Waals surface area contributed by atoms with Gasteiger partial charge in [0.1, 0.15) is 0 Å². The van der Waals surface area contributed by atoms with E-state index in [9.17, 15) is 0 Å². The van der Waals surface area contributed by atoms with Gasteiger partial charge in [-0.3, -0.25) is 0 Å². The zero-order chi connectivity index (χ0) is 71.3. The summed E-state index contributed by atoms with van der Waals surface area (Å²) in [6.45, 7) is 67.3. The molecule has 6 heteroatoms. The molecule has 15 rings (SSSR count). The SMILES string of the molecule is CC(C)[C@H]1CC(C)(C2C3C=C4C(=CC3C3C=C5C(=CC32)C(C)(C)CCC5(C)C)C(C)(C)CCC4(C)C)C2CC(C(C)(C)C)CC21.CC1(C)CCC(C)(C)C2=CC3C(C=C21)C1C=C2C(=CC1C3C1(C)C3CC(C(C)(C)C)CC3[C@H]3CCCC[C@H]31)C(C)(C)CCC2(C)C.[CH3-].[CH3-].[CH3-].[CH3-].[Cl][Zr+2][Cl].[Cl][Zr+2][Cl]. The van der Waals surface area contributed by atoms with Crippen LogP contribution in [0.1, 0.15) is 289 Å². The first-order chi connectivity index (χ1) is 44.7. The van der Waals surface area contributed by atoms with Gasteiger partial charge in [0.2, 0.25) is 0 Å². The third kappa shape index (κ3) is 14.7. The van der Waals surface area contributed by atoms with E-state index in [2.05, 4.69) is 229 Å². The molecule has 0 saturated heterocycles. The molecule has 0 aromatic heterocycles. The molecule has 101 heavy (non-hydrogen) atoms. The van der Waals surface area contributed by atoms with Gasteiger partial charge in [-0.05, 0) is 324 Å². The number of rotatable bonds is 3. The maximum atomic E-state index is 4.93. The zero-order valence-electron chi connectivity index (χ0n) is 70.7. The molecular formula is C95H152Cl4Zr2. The second kappa shape index (κ2) is 29.7. The predicted octanol–water partition coefficient (Wildman–Crippen LogP) is 30.5. The Labute approximate surface area is 664 Å². The van der Waals surface area contributed by atoms with Gasteiger partial charge in [0, 0.05) is 0 Å². The van der Waals surface area contributed by atoms with Crippen LogP contribution in [0.15, 0.2) is 93.2 Å².